The van der Waals surface area contributed by atoms with Crippen LogP contribution >= 0.6 is 11.8 Å². The van der Waals surface area contributed by atoms with Gasteiger partial charge in [-0.25, -0.2) is 9.97 Å². The van der Waals surface area contributed by atoms with Crippen LogP contribution in [-0.4, -0.2) is 19.1 Å². The second kappa shape index (κ2) is 11.7. The normalized spacial score (nSPS) is 17.4. The van der Waals surface area contributed by atoms with Gasteiger partial charge in [0, 0.05) is 53.9 Å². The quantitative estimate of drug-likeness (QED) is 0.180. The fourth-order valence-corrected chi connectivity index (χ4v) is 11.6. The molecule has 0 fully saturated rings. The van der Waals surface area contributed by atoms with E-state index < -0.39 is 0 Å². The van der Waals surface area contributed by atoms with Gasteiger partial charge in [0.25, 0.3) is 0 Å². The van der Waals surface area contributed by atoms with E-state index in [1.165, 1.54) is 70.3 Å². The van der Waals surface area contributed by atoms with Crippen LogP contribution in [0.1, 0.15) is 30.9 Å². The monoisotopic (exact) mass is 760 g/mol. The molecule has 7 aromatic carbocycles. The molecule has 10 aromatic rings. The average molecular weight is 761 g/mol. The summed E-state index contributed by atoms with van der Waals surface area (Å²) in [5, 5.41) is 6.01. The lowest BCUT2D eigenvalue weighted by molar-refractivity contribution is 0.394. The zero-order valence-electron chi connectivity index (χ0n) is 32.0. The maximum atomic E-state index is 5.36. The lowest BCUT2D eigenvalue weighted by atomic mass is 9.74. The Kier molecular flexibility index (Phi) is 6.53. The van der Waals surface area contributed by atoms with E-state index in [4.69, 9.17) is 9.97 Å². The predicted molar refractivity (Wildman–Crippen MR) is 241 cm³/mol. The third-order valence-electron chi connectivity index (χ3n) is 13.2. The highest BCUT2D eigenvalue weighted by Gasteiger charge is 2.44. The van der Waals surface area contributed by atoms with Crippen LogP contribution in [0, 0.1) is 5.92 Å². The molecule has 0 radical (unpaired) electrons. The Morgan fingerprint density at radius 1 is 0.552 bits per heavy atom. The average Bonchev–Trinajstić information content (AvgIpc) is 3.86. The molecule has 0 bridgehead atoms. The Morgan fingerprint density at radius 2 is 1.21 bits per heavy atom. The van der Waals surface area contributed by atoms with Crippen LogP contribution in [0.4, 0.5) is 0 Å². The minimum Gasteiger partial charge on any atom is -0.309 e. The van der Waals surface area contributed by atoms with Crippen LogP contribution in [0.2, 0.25) is 0 Å². The number of benzene rings is 7. The summed E-state index contributed by atoms with van der Waals surface area (Å²) in [6, 6.07) is 53.6. The molecule has 3 aromatic heterocycles. The Morgan fingerprint density at radius 3 is 2.00 bits per heavy atom. The highest BCUT2D eigenvalue weighted by molar-refractivity contribution is 7.99. The number of hydrogen-bond acceptors (Lipinski definition) is 3. The van der Waals surface area contributed by atoms with Gasteiger partial charge in [-0.1, -0.05) is 129 Å². The highest BCUT2D eigenvalue weighted by atomic mass is 32.2. The van der Waals surface area contributed by atoms with Crippen LogP contribution in [0.3, 0.4) is 0 Å². The van der Waals surface area contributed by atoms with E-state index in [0.29, 0.717) is 17.8 Å². The molecule has 4 heterocycles. The number of hydrogen-bond donors (Lipinski definition) is 0. The van der Waals surface area contributed by atoms with E-state index in [1.54, 1.807) is 11.8 Å². The standard InChI is InChI=1S/C53H36N4S/c1-53(2)41-16-7-3-12-34(41)38-30-33(24-25-42(38)53)56-44-18-8-4-13-35(44)39-28-31(22-26-46(39)56)32-23-27-47-40(29-32)36-14-5-9-19-45(36)57(47)52-54-43-17-11-21-49-50(43)51(55-52)37-15-6-10-20-48(37)58-49/h3-30,34,41H,1-2H3. The molecule has 2 aliphatic carbocycles. The van der Waals surface area contributed by atoms with E-state index >= 15 is 0 Å². The molecule has 13 rings (SSSR count). The second-order valence-electron chi connectivity index (χ2n) is 16.6. The number of nitrogens with zero attached hydrogens (tertiary/aromatic N) is 4. The van der Waals surface area contributed by atoms with Crippen LogP contribution < -0.4 is 0 Å². The van der Waals surface area contributed by atoms with E-state index in [-0.39, 0.29) is 5.41 Å². The van der Waals surface area contributed by atoms with Gasteiger partial charge in [0.05, 0.1) is 33.3 Å². The lowest BCUT2D eigenvalue weighted by Crippen LogP contribution is -2.24. The zero-order valence-corrected chi connectivity index (χ0v) is 32.8. The predicted octanol–water partition coefficient (Wildman–Crippen LogP) is 13.7. The molecule has 0 saturated carbocycles. The minimum atomic E-state index is 0.0941. The number of rotatable bonds is 3. The molecule has 0 amide bonds. The SMILES string of the molecule is CC1(C)c2ccc(-n3c4ccccc4c4cc(-c5ccc6c(c5)c5ccccc5n6-c5nc6c7c(cccc7n5)Sc5ccccc5-6)ccc43)cc2C2C=CC=CC21. The molecule has 2 atom stereocenters. The first-order chi connectivity index (χ1) is 28.5. The van der Waals surface area contributed by atoms with E-state index in [9.17, 15) is 0 Å². The first-order valence-corrected chi connectivity index (χ1v) is 21.0. The van der Waals surface area contributed by atoms with Crippen molar-refractivity contribution in [1.29, 1.82) is 0 Å². The van der Waals surface area contributed by atoms with Gasteiger partial charge in [-0.15, -0.1) is 0 Å². The molecule has 5 heteroatoms. The van der Waals surface area contributed by atoms with Crippen molar-refractivity contribution in [3.63, 3.8) is 0 Å². The number of fused-ring (bicyclic) bond motifs is 11. The Labute approximate surface area is 339 Å². The Hall–Kier alpha value is -6.69. The van der Waals surface area contributed by atoms with Gasteiger partial charge in [0.15, 0.2) is 0 Å². The summed E-state index contributed by atoms with van der Waals surface area (Å²) in [4.78, 5) is 13.0. The van der Waals surface area contributed by atoms with Gasteiger partial charge in [-0.2, -0.15) is 0 Å². The molecule has 3 aliphatic rings. The van der Waals surface area contributed by atoms with Crippen molar-refractivity contribution >= 4 is 66.3 Å². The van der Waals surface area contributed by atoms with Crippen molar-refractivity contribution in [2.45, 2.75) is 35.0 Å². The Balaban J connectivity index is 0.970. The molecular formula is C53H36N4S. The number of aromatic nitrogens is 4. The van der Waals surface area contributed by atoms with Crippen molar-refractivity contribution in [3.05, 3.63) is 181 Å². The molecular weight excluding hydrogens is 725 g/mol. The van der Waals surface area contributed by atoms with Crippen LogP contribution in [0.5, 0.6) is 0 Å². The third kappa shape index (κ3) is 4.37. The fraction of sp³-hybridized carbons (Fsp3) is 0.0943. The van der Waals surface area contributed by atoms with Gasteiger partial charge in [0.2, 0.25) is 5.95 Å². The number of para-hydroxylation sites is 2. The summed E-state index contributed by atoms with van der Waals surface area (Å²) >= 11 is 1.80. The van der Waals surface area contributed by atoms with Crippen LogP contribution in [-0.2, 0) is 5.41 Å². The summed E-state index contributed by atoms with van der Waals surface area (Å²) in [5.74, 6) is 1.57. The first kappa shape index (κ1) is 32.4. The minimum absolute atomic E-state index is 0.0941. The van der Waals surface area contributed by atoms with Crippen molar-refractivity contribution in [1.82, 2.24) is 19.1 Å². The third-order valence-corrected chi connectivity index (χ3v) is 14.4. The smallest absolute Gasteiger partial charge is 0.235 e. The fourth-order valence-electron chi connectivity index (χ4n) is 10.5. The molecule has 0 N–H and O–H groups in total. The van der Waals surface area contributed by atoms with Gasteiger partial charge in [-0.05, 0) is 100 Å². The van der Waals surface area contributed by atoms with Gasteiger partial charge in [0.1, 0.15) is 0 Å². The van der Waals surface area contributed by atoms with Crippen molar-refractivity contribution in [2.75, 3.05) is 0 Å². The largest absolute Gasteiger partial charge is 0.309 e. The summed E-state index contributed by atoms with van der Waals surface area (Å²) < 4.78 is 4.71. The molecule has 274 valence electrons. The molecule has 0 saturated heterocycles. The summed E-state index contributed by atoms with van der Waals surface area (Å²) in [6.07, 6.45) is 9.24. The highest BCUT2D eigenvalue weighted by Crippen LogP contribution is 2.53. The summed E-state index contributed by atoms with van der Waals surface area (Å²) in [6.45, 7) is 4.80. The molecule has 2 unspecified atom stereocenters. The molecule has 0 spiro atoms. The van der Waals surface area contributed by atoms with Crippen molar-refractivity contribution in [2.24, 2.45) is 5.92 Å². The van der Waals surface area contributed by atoms with Crippen molar-refractivity contribution < 1.29 is 0 Å². The molecule has 1 aliphatic heterocycles. The zero-order chi connectivity index (χ0) is 38.3. The maximum Gasteiger partial charge on any atom is 0.235 e. The topological polar surface area (TPSA) is 35.6 Å². The summed E-state index contributed by atoms with van der Waals surface area (Å²) in [5.41, 5.74) is 14.3. The first-order valence-electron chi connectivity index (χ1n) is 20.2. The molecule has 4 nitrogen and oxygen atoms in total. The van der Waals surface area contributed by atoms with E-state index in [2.05, 4.69) is 193 Å². The van der Waals surface area contributed by atoms with E-state index in [0.717, 1.165) is 33.2 Å². The summed E-state index contributed by atoms with van der Waals surface area (Å²) in [7, 11) is 0. The molecule has 58 heavy (non-hydrogen) atoms. The van der Waals surface area contributed by atoms with Gasteiger partial charge >= 0.3 is 0 Å². The van der Waals surface area contributed by atoms with E-state index in [1.807, 2.05) is 0 Å². The maximum absolute atomic E-state index is 5.36. The second-order valence-corrected chi connectivity index (χ2v) is 17.7. The van der Waals surface area contributed by atoms with Gasteiger partial charge in [-0.3, -0.25) is 4.57 Å². The van der Waals surface area contributed by atoms with Crippen LogP contribution in [0.25, 0.3) is 88.5 Å². The Bertz CT molecular complexity index is 3490. The lowest BCUT2D eigenvalue weighted by Gasteiger charge is -2.29. The number of allylic oxidation sites excluding steroid dienone is 4. The van der Waals surface area contributed by atoms with Gasteiger partial charge < -0.3 is 4.57 Å². The van der Waals surface area contributed by atoms with Crippen LogP contribution in [0.15, 0.2) is 180 Å². The van der Waals surface area contributed by atoms with Crippen molar-refractivity contribution in [3.8, 4) is 34.0 Å².